The Morgan fingerprint density at radius 2 is 1.93 bits per heavy atom. The lowest BCUT2D eigenvalue weighted by Crippen LogP contribution is -2.42. The molecule has 1 N–H and O–H groups in total. The first-order chi connectivity index (χ1) is 13.9. The maximum Gasteiger partial charge on any atom is 0.274 e. The van der Waals surface area contributed by atoms with Crippen LogP contribution in [0.5, 0.6) is 5.75 Å². The van der Waals surface area contributed by atoms with E-state index in [4.69, 9.17) is 9.57 Å². The highest BCUT2D eigenvalue weighted by atomic mass is 32.2. The third-order valence-electron chi connectivity index (χ3n) is 5.00. The number of hydroxylamine groups is 1. The molecule has 1 fully saturated rings. The predicted molar refractivity (Wildman–Crippen MR) is 109 cm³/mol. The van der Waals surface area contributed by atoms with Crippen molar-refractivity contribution >= 4 is 15.9 Å². The number of amides is 1. The summed E-state index contributed by atoms with van der Waals surface area (Å²) in [6, 6.07) is 13.7. The molecule has 1 heterocycles. The summed E-state index contributed by atoms with van der Waals surface area (Å²) in [4.78, 5) is 17.7. The molecule has 0 aromatic heterocycles. The number of ether oxygens (including phenoxy) is 1. The number of nitrogens with one attached hydrogen (secondary N) is 1. The quantitative estimate of drug-likeness (QED) is 0.699. The van der Waals surface area contributed by atoms with Crippen LogP contribution in [0.4, 0.5) is 0 Å². The molecular weight excluding hydrogens is 392 g/mol. The average molecular weight is 419 g/mol. The van der Waals surface area contributed by atoms with E-state index < -0.39 is 15.9 Å². The van der Waals surface area contributed by atoms with Crippen molar-refractivity contribution in [3.63, 3.8) is 0 Å². The molecule has 1 aliphatic rings. The highest BCUT2D eigenvalue weighted by Gasteiger charge is 2.33. The Kier molecular flexibility index (Phi) is 6.89. The molecule has 7 nitrogen and oxygen atoms in total. The Morgan fingerprint density at radius 3 is 2.62 bits per heavy atom. The second-order valence-electron chi connectivity index (χ2n) is 7.03. The summed E-state index contributed by atoms with van der Waals surface area (Å²) in [7, 11) is -2.37. The molecule has 0 spiro atoms. The first kappa shape index (κ1) is 21.3. The lowest BCUT2D eigenvalue weighted by molar-refractivity contribution is 0.0233. The van der Waals surface area contributed by atoms with Gasteiger partial charge < -0.3 is 4.74 Å². The Labute approximate surface area is 171 Å². The molecule has 1 amide bonds. The molecule has 156 valence electrons. The normalized spacial score (nSPS) is 17.7. The molecule has 3 rings (SSSR count). The van der Waals surface area contributed by atoms with Gasteiger partial charge in [-0.15, -0.1) is 0 Å². The lowest BCUT2D eigenvalue weighted by Gasteiger charge is -2.32. The molecule has 1 aliphatic heterocycles. The van der Waals surface area contributed by atoms with E-state index in [0.717, 1.165) is 24.8 Å². The van der Waals surface area contributed by atoms with Gasteiger partial charge in [-0.25, -0.2) is 13.9 Å². The SMILES string of the molecule is COc1ccc(C(=O)NOCc2ccccc2)cc1S(=O)(=O)N1CCCC[C@H]1C. The standard InChI is InChI=1S/C21H26N2O5S/c1-16-8-6-7-13-23(16)29(25,26)20-14-18(11-12-19(20)27-2)21(24)22-28-15-17-9-4-3-5-10-17/h3-5,9-12,14,16H,6-8,13,15H2,1-2H3,(H,22,24)/t16-/m1/s1. The van der Waals surface area contributed by atoms with Crippen molar-refractivity contribution in [3.8, 4) is 5.75 Å². The molecule has 8 heteroatoms. The topological polar surface area (TPSA) is 84.9 Å². The van der Waals surface area contributed by atoms with Crippen LogP contribution in [-0.4, -0.2) is 38.3 Å². The van der Waals surface area contributed by atoms with Gasteiger partial charge in [0.05, 0.1) is 13.7 Å². The van der Waals surface area contributed by atoms with Crippen LogP contribution in [0.3, 0.4) is 0 Å². The van der Waals surface area contributed by atoms with Crippen LogP contribution in [0, 0.1) is 0 Å². The van der Waals surface area contributed by atoms with Crippen molar-refractivity contribution in [2.75, 3.05) is 13.7 Å². The molecule has 0 bridgehead atoms. The summed E-state index contributed by atoms with van der Waals surface area (Å²) < 4.78 is 33.2. The first-order valence-electron chi connectivity index (χ1n) is 9.59. The van der Waals surface area contributed by atoms with Crippen molar-refractivity contribution < 1.29 is 22.8 Å². The maximum atomic E-state index is 13.2. The number of piperidine rings is 1. The van der Waals surface area contributed by atoms with E-state index in [2.05, 4.69) is 5.48 Å². The molecule has 2 aromatic rings. The second-order valence-corrected chi connectivity index (χ2v) is 8.89. The summed E-state index contributed by atoms with van der Waals surface area (Å²) in [6.07, 6.45) is 2.64. The number of sulfonamides is 1. The third-order valence-corrected chi connectivity index (χ3v) is 7.04. The van der Waals surface area contributed by atoms with Crippen molar-refractivity contribution in [1.29, 1.82) is 0 Å². The number of hydrogen-bond acceptors (Lipinski definition) is 5. The van der Waals surface area contributed by atoms with Gasteiger partial charge in [-0.1, -0.05) is 36.8 Å². The third kappa shape index (κ3) is 4.95. The van der Waals surface area contributed by atoms with E-state index in [-0.39, 0.29) is 28.9 Å². The number of carbonyl (C=O) groups is 1. The number of methoxy groups -OCH3 is 1. The van der Waals surface area contributed by atoms with Gasteiger partial charge in [0.15, 0.2) is 0 Å². The van der Waals surface area contributed by atoms with Gasteiger partial charge in [-0.05, 0) is 43.5 Å². The van der Waals surface area contributed by atoms with Gasteiger partial charge in [-0.3, -0.25) is 9.63 Å². The molecule has 0 saturated carbocycles. The molecule has 29 heavy (non-hydrogen) atoms. The van der Waals surface area contributed by atoms with Gasteiger partial charge in [0.1, 0.15) is 10.6 Å². The largest absolute Gasteiger partial charge is 0.495 e. The summed E-state index contributed by atoms with van der Waals surface area (Å²) in [5.41, 5.74) is 3.45. The van der Waals surface area contributed by atoms with Gasteiger partial charge in [0.25, 0.3) is 5.91 Å². The molecule has 0 aliphatic carbocycles. The second kappa shape index (κ2) is 9.39. The van der Waals surface area contributed by atoms with Crippen LogP contribution in [0.2, 0.25) is 0 Å². The Hall–Kier alpha value is -2.42. The highest BCUT2D eigenvalue weighted by molar-refractivity contribution is 7.89. The minimum absolute atomic E-state index is 0.00976. The number of hydrogen-bond donors (Lipinski definition) is 1. The minimum atomic E-state index is -3.79. The van der Waals surface area contributed by atoms with Crippen molar-refractivity contribution in [1.82, 2.24) is 9.79 Å². The van der Waals surface area contributed by atoms with Crippen LogP contribution in [0.1, 0.15) is 42.1 Å². The smallest absolute Gasteiger partial charge is 0.274 e. The van der Waals surface area contributed by atoms with Gasteiger partial charge in [-0.2, -0.15) is 4.31 Å². The number of benzene rings is 2. The first-order valence-corrected chi connectivity index (χ1v) is 11.0. The fourth-order valence-electron chi connectivity index (χ4n) is 3.39. The Balaban J connectivity index is 1.78. The van der Waals surface area contributed by atoms with Crippen LogP contribution in [0.15, 0.2) is 53.4 Å². The molecule has 2 aromatic carbocycles. The van der Waals surface area contributed by atoms with Crippen molar-refractivity contribution in [3.05, 3.63) is 59.7 Å². The number of rotatable bonds is 7. The lowest BCUT2D eigenvalue weighted by atomic mass is 10.1. The summed E-state index contributed by atoms with van der Waals surface area (Å²) in [6.45, 7) is 2.57. The van der Waals surface area contributed by atoms with Crippen molar-refractivity contribution in [2.24, 2.45) is 0 Å². The predicted octanol–water partition coefficient (Wildman–Crippen LogP) is 3.12. The Morgan fingerprint density at radius 1 is 1.17 bits per heavy atom. The summed E-state index contributed by atoms with van der Waals surface area (Å²) >= 11 is 0. The zero-order chi connectivity index (χ0) is 20.9. The van der Waals surface area contributed by atoms with E-state index in [1.165, 1.54) is 29.6 Å². The van der Waals surface area contributed by atoms with Crippen LogP contribution in [-0.2, 0) is 21.5 Å². The maximum absolute atomic E-state index is 13.2. The number of nitrogens with zero attached hydrogens (tertiary/aromatic N) is 1. The Bertz CT molecular complexity index is 947. The summed E-state index contributed by atoms with van der Waals surface area (Å²) in [5.74, 6) is -0.309. The fourth-order valence-corrected chi connectivity index (χ4v) is 5.28. The summed E-state index contributed by atoms with van der Waals surface area (Å²) in [5, 5.41) is 0. The van der Waals surface area contributed by atoms with E-state index >= 15 is 0 Å². The zero-order valence-corrected chi connectivity index (χ0v) is 17.4. The molecular formula is C21H26N2O5S. The monoisotopic (exact) mass is 418 g/mol. The van der Waals surface area contributed by atoms with Crippen LogP contribution in [0.25, 0.3) is 0 Å². The van der Waals surface area contributed by atoms with E-state index in [1.807, 2.05) is 37.3 Å². The van der Waals surface area contributed by atoms with Crippen LogP contribution < -0.4 is 10.2 Å². The van der Waals surface area contributed by atoms with Gasteiger partial charge in [0, 0.05) is 18.2 Å². The van der Waals surface area contributed by atoms with E-state index in [1.54, 1.807) is 0 Å². The average Bonchev–Trinajstić information content (AvgIpc) is 2.74. The van der Waals surface area contributed by atoms with E-state index in [9.17, 15) is 13.2 Å². The zero-order valence-electron chi connectivity index (χ0n) is 16.6. The molecule has 0 radical (unpaired) electrons. The fraction of sp³-hybridized carbons (Fsp3) is 0.381. The molecule has 1 atom stereocenters. The van der Waals surface area contributed by atoms with E-state index in [0.29, 0.717) is 6.54 Å². The van der Waals surface area contributed by atoms with Gasteiger partial charge >= 0.3 is 0 Å². The number of carbonyl (C=O) groups excluding carboxylic acids is 1. The highest BCUT2D eigenvalue weighted by Crippen LogP contribution is 2.31. The van der Waals surface area contributed by atoms with Crippen molar-refractivity contribution in [2.45, 2.75) is 43.7 Å². The minimum Gasteiger partial charge on any atom is -0.495 e. The molecule has 0 unspecified atom stereocenters. The van der Waals surface area contributed by atoms with Gasteiger partial charge in [0.2, 0.25) is 10.0 Å². The van der Waals surface area contributed by atoms with Crippen LogP contribution >= 0.6 is 0 Å². The molecule has 1 saturated heterocycles.